The largest absolute Gasteiger partial charge is 0.270 e. The Balaban J connectivity index is 1.77. The molecule has 0 atom stereocenters. The van der Waals surface area contributed by atoms with E-state index in [1.165, 1.54) is 44.1 Å². The summed E-state index contributed by atoms with van der Waals surface area (Å²) in [6.07, 6.45) is 7.18. The summed E-state index contributed by atoms with van der Waals surface area (Å²) in [5, 5.41) is 2.18. The molecule has 1 aliphatic carbocycles. The van der Waals surface area contributed by atoms with Crippen LogP contribution in [0, 0.1) is 5.92 Å². The van der Waals surface area contributed by atoms with E-state index in [4.69, 9.17) is 0 Å². The van der Waals surface area contributed by atoms with Crippen LogP contribution in [0.1, 0.15) is 62.5 Å². The predicted octanol–water partition coefficient (Wildman–Crippen LogP) is 7.15. The van der Waals surface area contributed by atoms with E-state index >= 15 is 0 Å². The summed E-state index contributed by atoms with van der Waals surface area (Å²) in [4.78, 5) is 0. The Morgan fingerprint density at radius 3 is 2.39 bits per heavy atom. The zero-order valence-corrected chi connectivity index (χ0v) is 13.7. The summed E-state index contributed by atoms with van der Waals surface area (Å²) in [6.45, 7) is 2.27. The van der Waals surface area contributed by atoms with Crippen molar-refractivity contribution >= 4 is 16.8 Å². The van der Waals surface area contributed by atoms with Crippen LogP contribution in [-0.2, 0) is 0 Å². The maximum atomic E-state index is 12.4. The van der Waals surface area contributed by atoms with Gasteiger partial charge in [-0.25, -0.2) is 0 Å². The molecule has 2 heteroatoms. The van der Waals surface area contributed by atoms with Crippen LogP contribution in [0.25, 0.3) is 16.8 Å². The van der Waals surface area contributed by atoms with Crippen LogP contribution in [0.15, 0.2) is 42.5 Å². The van der Waals surface area contributed by atoms with Gasteiger partial charge in [0.1, 0.15) is 0 Å². The first-order valence-corrected chi connectivity index (χ1v) is 8.72. The van der Waals surface area contributed by atoms with Gasteiger partial charge in [0, 0.05) is 6.08 Å². The molecule has 23 heavy (non-hydrogen) atoms. The lowest BCUT2D eigenvalue weighted by Gasteiger charge is -2.28. The molecule has 1 saturated carbocycles. The van der Waals surface area contributed by atoms with Gasteiger partial charge in [-0.3, -0.25) is 0 Å². The normalized spacial score (nSPS) is 21.3. The van der Waals surface area contributed by atoms with Crippen molar-refractivity contribution in [3.05, 3.63) is 53.6 Å². The second-order valence-electron chi connectivity index (χ2n) is 6.81. The minimum absolute atomic E-state index is 0.560. The van der Waals surface area contributed by atoms with Gasteiger partial charge in [-0.05, 0) is 65.5 Å². The molecule has 0 bridgehead atoms. The van der Waals surface area contributed by atoms with E-state index in [-0.39, 0.29) is 0 Å². The van der Waals surface area contributed by atoms with Crippen molar-refractivity contribution in [1.82, 2.24) is 0 Å². The van der Waals surface area contributed by atoms with Gasteiger partial charge in [-0.2, -0.15) is 8.78 Å². The molecule has 0 unspecified atom stereocenters. The summed E-state index contributed by atoms with van der Waals surface area (Å²) >= 11 is 0. The number of hydrogen-bond acceptors (Lipinski definition) is 0. The third-order valence-corrected chi connectivity index (χ3v) is 5.18. The highest BCUT2D eigenvalue weighted by Crippen LogP contribution is 2.38. The predicted molar refractivity (Wildman–Crippen MR) is 93.7 cm³/mol. The molecule has 0 spiro atoms. The average molecular weight is 314 g/mol. The molecule has 2 aromatic rings. The number of fused-ring (bicyclic) bond motifs is 1. The Hall–Kier alpha value is -1.70. The molecule has 3 rings (SSSR count). The van der Waals surface area contributed by atoms with Crippen LogP contribution >= 0.6 is 0 Å². The Labute approximate surface area is 137 Å². The molecule has 0 amide bonds. The van der Waals surface area contributed by atoms with Crippen LogP contribution in [0.2, 0.25) is 0 Å². The van der Waals surface area contributed by atoms with Crippen LogP contribution < -0.4 is 0 Å². The van der Waals surface area contributed by atoms with Crippen molar-refractivity contribution in [3.63, 3.8) is 0 Å². The lowest BCUT2D eigenvalue weighted by molar-refractivity contribution is 0.308. The Bertz CT molecular complexity index is 690. The maximum absolute atomic E-state index is 12.4. The van der Waals surface area contributed by atoms with Crippen molar-refractivity contribution in [2.75, 3.05) is 0 Å². The molecule has 0 saturated heterocycles. The van der Waals surface area contributed by atoms with Crippen LogP contribution in [0.5, 0.6) is 0 Å². The quantitative estimate of drug-likeness (QED) is 0.562. The van der Waals surface area contributed by atoms with E-state index < -0.39 is 6.08 Å². The zero-order valence-electron chi connectivity index (χ0n) is 13.7. The first-order chi connectivity index (χ1) is 11.2. The Kier molecular flexibility index (Phi) is 5.09. The molecule has 2 aromatic carbocycles. The van der Waals surface area contributed by atoms with E-state index in [0.29, 0.717) is 11.5 Å². The van der Waals surface area contributed by atoms with Crippen LogP contribution in [0.3, 0.4) is 0 Å². The van der Waals surface area contributed by atoms with Crippen molar-refractivity contribution in [2.45, 2.75) is 51.4 Å². The number of hydrogen-bond donors (Lipinski definition) is 0. The van der Waals surface area contributed by atoms with Gasteiger partial charge in [-0.15, -0.1) is 0 Å². The van der Waals surface area contributed by atoms with Gasteiger partial charge in [0.25, 0.3) is 6.08 Å². The van der Waals surface area contributed by atoms with Crippen molar-refractivity contribution < 1.29 is 8.78 Å². The van der Waals surface area contributed by atoms with Crippen molar-refractivity contribution in [3.8, 4) is 0 Å². The van der Waals surface area contributed by atoms with Crippen molar-refractivity contribution in [1.29, 1.82) is 0 Å². The molecule has 0 nitrogen and oxygen atoms in total. The van der Waals surface area contributed by atoms with E-state index in [0.717, 1.165) is 22.8 Å². The van der Waals surface area contributed by atoms with Gasteiger partial charge in [0.05, 0.1) is 0 Å². The zero-order chi connectivity index (χ0) is 16.2. The molecule has 0 aliphatic heterocycles. The fourth-order valence-corrected chi connectivity index (χ4v) is 3.95. The first kappa shape index (κ1) is 16.2. The number of benzene rings is 2. The minimum Gasteiger partial charge on any atom is -0.173 e. The minimum atomic E-state index is -1.65. The summed E-state index contributed by atoms with van der Waals surface area (Å²) in [7, 11) is 0. The van der Waals surface area contributed by atoms with E-state index in [1.807, 2.05) is 12.1 Å². The second kappa shape index (κ2) is 7.25. The highest BCUT2D eigenvalue weighted by Gasteiger charge is 2.21. The molecule has 1 aliphatic rings. The highest BCUT2D eigenvalue weighted by atomic mass is 19.3. The SMILES string of the molecule is CCCC1CCC(c2ccc3cc(C=C(F)F)ccc3c2)CC1. The smallest absolute Gasteiger partial charge is 0.173 e. The molecular formula is C21H24F2. The summed E-state index contributed by atoms with van der Waals surface area (Å²) in [6, 6.07) is 12.1. The molecule has 0 heterocycles. The molecule has 0 radical (unpaired) electrons. The fraction of sp³-hybridized carbons (Fsp3) is 0.429. The monoisotopic (exact) mass is 314 g/mol. The first-order valence-electron chi connectivity index (χ1n) is 8.72. The fourth-order valence-electron chi connectivity index (χ4n) is 3.95. The molecule has 122 valence electrons. The molecule has 0 aromatic heterocycles. The highest BCUT2D eigenvalue weighted by molar-refractivity contribution is 5.85. The lowest BCUT2D eigenvalue weighted by Crippen LogP contribution is -2.13. The maximum Gasteiger partial charge on any atom is 0.270 e. The molecular weight excluding hydrogens is 290 g/mol. The van der Waals surface area contributed by atoms with Gasteiger partial charge in [0.2, 0.25) is 0 Å². The number of rotatable bonds is 4. The average Bonchev–Trinajstić information content (AvgIpc) is 2.55. The van der Waals surface area contributed by atoms with Gasteiger partial charge < -0.3 is 0 Å². The van der Waals surface area contributed by atoms with E-state index in [9.17, 15) is 8.78 Å². The summed E-state index contributed by atoms with van der Waals surface area (Å²) in [5.74, 6) is 1.58. The van der Waals surface area contributed by atoms with Gasteiger partial charge in [-0.1, -0.05) is 50.1 Å². The topological polar surface area (TPSA) is 0 Å². The standard InChI is InChI=1S/C21H24F2/c1-2-3-15-4-7-17(8-5-15)19-11-10-18-12-16(13-21(22)23)6-9-20(18)14-19/h6,9-15,17H,2-5,7-8H2,1H3. The van der Waals surface area contributed by atoms with E-state index in [1.54, 1.807) is 6.07 Å². The lowest BCUT2D eigenvalue weighted by atomic mass is 9.77. The summed E-state index contributed by atoms with van der Waals surface area (Å²) in [5.41, 5.74) is 1.97. The van der Waals surface area contributed by atoms with E-state index in [2.05, 4.69) is 25.1 Å². The molecule has 0 N–H and O–H groups in total. The second-order valence-corrected chi connectivity index (χ2v) is 6.81. The van der Waals surface area contributed by atoms with Crippen molar-refractivity contribution in [2.24, 2.45) is 5.92 Å². The van der Waals surface area contributed by atoms with Gasteiger partial charge in [0.15, 0.2) is 0 Å². The Morgan fingerprint density at radius 1 is 1.00 bits per heavy atom. The summed E-state index contributed by atoms with van der Waals surface area (Å²) < 4.78 is 24.8. The van der Waals surface area contributed by atoms with Crippen LogP contribution in [-0.4, -0.2) is 0 Å². The third kappa shape index (κ3) is 3.99. The number of halogens is 2. The Morgan fingerprint density at radius 2 is 1.70 bits per heavy atom. The molecule has 1 fully saturated rings. The third-order valence-electron chi connectivity index (χ3n) is 5.18. The van der Waals surface area contributed by atoms with Gasteiger partial charge >= 0.3 is 0 Å². The van der Waals surface area contributed by atoms with Crippen LogP contribution in [0.4, 0.5) is 8.78 Å².